The zero-order valence-corrected chi connectivity index (χ0v) is 9.27. The first-order valence-electron chi connectivity index (χ1n) is 4.58. The Hall–Kier alpha value is -1.19. The minimum atomic E-state index is -0.370. The van der Waals surface area contributed by atoms with E-state index in [1.807, 2.05) is 20.8 Å². The Morgan fingerprint density at radius 3 is 2.21 bits per heavy atom. The molecule has 0 aliphatic heterocycles. The second-order valence-corrected chi connectivity index (χ2v) is 4.39. The smallest absolute Gasteiger partial charge is 0.186 e. The summed E-state index contributed by atoms with van der Waals surface area (Å²) in [6.45, 7) is 9.26. The van der Waals surface area contributed by atoms with E-state index in [2.05, 4.69) is 15.3 Å². The summed E-state index contributed by atoms with van der Waals surface area (Å²) in [6.07, 6.45) is 0. The molecule has 1 N–H and O–H groups in total. The van der Waals surface area contributed by atoms with E-state index in [1.54, 1.807) is 13.8 Å². The Morgan fingerprint density at radius 1 is 1.14 bits per heavy atom. The van der Waals surface area contributed by atoms with Crippen molar-refractivity contribution in [1.29, 1.82) is 0 Å². The van der Waals surface area contributed by atoms with E-state index in [0.29, 0.717) is 11.5 Å². The lowest BCUT2D eigenvalue weighted by Crippen LogP contribution is -2.28. The van der Waals surface area contributed by atoms with Crippen LogP contribution in [-0.4, -0.2) is 15.5 Å². The first-order valence-corrected chi connectivity index (χ1v) is 4.58. The molecule has 14 heavy (non-hydrogen) atoms. The number of aryl methyl sites for hydroxylation is 2. The van der Waals surface area contributed by atoms with Gasteiger partial charge in [0.25, 0.3) is 0 Å². The van der Waals surface area contributed by atoms with Crippen LogP contribution in [0.3, 0.4) is 0 Å². The average molecular weight is 197 g/mol. The molecule has 0 amide bonds. The number of rotatable bonds is 1. The molecule has 0 unspecified atom stereocenters. The van der Waals surface area contributed by atoms with Gasteiger partial charge in [-0.3, -0.25) is 0 Å². The maximum atomic E-state index is 13.5. The SMILES string of the molecule is Cc1nc(C)c(F)c(NC(C)(C)C)n1. The van der Waals surface area contributed by atoms with Crippen LogP contribution in [0.2, 0.25) is 0 Å². The van der Waals surface area contributed by atoms with Gasteiger partial charge in [-0.25, -0.2) is 14.4 Å². The van der Waals surface area contributed by atoms with Crippen molar-refractivity contribution in [2.24, 2.45) is 0 Å². The van der Waals surface area contributed by atoms with Crippen molar-refractivity contribution in [2.75, 3.05) is 5.32 Å². The fourth-order valence-corrected chi connectivity index (χ4v) is 1.14. The number of nitrogens with one attached hydrogen (secondary N) is 1. The third-order valence-corrected chi connectivity index (χ3v) is 1.62. The lowest BCUT2D eigenvalue weighted by Gasteiger charge is -2.22. The summed E-state index contributed by atoms with van der Waals surface area (Å²) in [6, 6.07) is 0. The minimum absolute atomic E-state index is 0.200. The Morgan fingerprint density at radius 2 is 1.71 bits per heavy atom. The van der Waals surface area contributed by atoms with Gasteiger partial charge in [-0.1, -0.05) is 0 Å². The zero-order valence-electron chi connectivity index (χ0n) is 9.27. The normalized spacial score (nSPS) is 11.6. The monoisotopic (exact) mass is 197 g/mol. The van der Waals surface area contributed by atoms with Crippen LogP contribution in [-0.2, 0) is 0 Å². The number of nitrogens with zero attached hydrogens (tertiary/aromatic N) is 2. The molecular formula is C10H16FN3. The van der Waals surface area contributed by atoms with E-state index in [9.17, 15) is 4.39 Å². The first kappa shape index (κ1) is 10.9. The van der Waals surface area contributed by atoms with E-state index in [1.165, 1.54) is 0 Å². The molecule has 4 heteroatoms. The van der Waals surface area contributed by atoms with Crippen molar-refractivity contribution in [1.82, 2.24) is 9.97 Å². The Balaban J connectivity index is 3.09. The molecule has 0 aliphatic carbocycles. The van der Waals surface area contributed by atoms with Crippen LogP contribution in [0.5, 0.6) is 0 Å². The van der Waals surface area contributed by atoms with Crippen molar-refractivity contribution >= 4 is 5.82 Å². The Labute approximate surface area is 83.8 Å². The molecule has 0 fully saturated rings. The van der Waals surface area contributed by atoms with Gasteiger partial charge in [0.05, 0.1) is 5.69 Å². The third-order valence-electron chi connectivity index (χ3n) is 1.62. The highest BCUT2D eigenvalue weighted by atomic mass is 19.1. The molecular weight excluding hydrogens is 181 g/mol. The summed E-state index contributed by atoms with van der Waals surface area (Å²) in [5, 5.41) is 3.00. The summed E-state index contributed by atoms with van der Waals surface area (Å²) in [7, 11) is 0. The van der Waals surface area contributed by atoms with E-state index >= 15 is 0 Å². The van der Waals surface area contributed by atoms with Gasteiger partial charge in [0.2, 0.25) is 0 Å². The topological polar surface area (TPSA) is 37.8 Å². The van der Waals surface area contributed by atoms with Gasteiger partial charge in [0, 0.05) is 5.54 Å². The molecule has 0 bridgehead atoms. The van der Waals surface area contributed by atoms with Gasteiger partial charge < -0.3 is 5.32 Å². The molecule has 0 aromatic carbocycles. The number of halogens is 1. The molecule has 0 radical (unpaired) electrons. The van der Waals surface area contributed by atoms with Gasteiger partial charge in [0.15, 0.2) is 11.6 Å². The summed E-state index contributed by atoms with van der Waals surface area (Å²) >= 11 is 0. The fourth-order valence-electron chi connectivity index (χ4n) is 1.14. The van der Waals surface area contributed by atoms with Crippen LogP contribution >= 0.6 is 0 Å². The molecule has 0 spiro atoms. The van der Waals surface area contributed by atoms with Crippen LogP contribution in [0.1, 0.15) is 32.3 Å². The molecule has 0 atom stereocenters. The number of hydrogen-bond acceptors (Lipinski definition) is 3. The molecule has 0 saturated heterocycles. The Kier molecular flexibility index (Phi) is 2.73. The third kappa shape index (κ3) is 2.65. The minimum Gasteiger partial charge on any atom is -0.363 e. The number of anilines is 1. The predicted molar refractivity (Wildman–Crippen MR) is 54.8 cm³/mol. The molecule has 0 saturated carbocycles. The molecule has 0 aliphatic rings. The summed E-state index contributed by atoms with van der Waals surface area (Å²) in [5.41, 5.74) is 0.179. The van der Waals surface area contributed by atoms with Crippen LogP contribution in [0, 0.1) is 19.7 Å². The maximum Gasteiger partial charge on any atom is 0.186 e. The summed E-state index contributed by atoms with van der Waals surface area (Å²) < 4.78 is 13.5. The highest BCUT2D eigenvalue weighted by Gasteiger charge is 2.15. The number of hydrogen-bond donors (Lipinski definition) is 1. The fraction of sp³-hybridized carbons (Fsp3) is 0.600. The lowest BCUT2D eigenvalue weighted by atomic mass is 10.1. The predicted octanol–water partition coefficient (Wildman–Crippen LogP) is 2.44. The van der Waals surface area contributed by atoms with Gasteiger partial charge in [-0.15, -0.1) is 0 Å². The molecule has 78 valence electrons. The van der Waals surface area contributed by atoms with Gasteiger partial charge in [-0.2, -0.15) is 0 Å². The second kappa shape index (κ2) is 3.52. The maximum absolute atomic E-state index is 13.5. The van der Waals surface area contributed by atoms with Crippen molar-refractivity contribution in [3.05, 3.63) is 17.3 Å². The van der Waals surface area contributed by atoms with E-state index < -0.39 is 0 Å². The highest BCUT2D eigenvalue weighted by Crippen LogP contribution is 2.17. The number of aromatic nitrogens is 2. The van der Waals surface area contributed by atoms with Gasteiger partial charge in [-0.05, 0) is 34.6 Å². The molecule has 3 nitrogen and oxygen atoms in total. The lowest BCUT2D eigenvalue weighted by molar-refractivity contribution is 0.576. The molecule has 1 rings (SSSR count). The van der Waals surface area contributed by atoms with E-state index in [-0.39, 0.29) is 17.2 Å². The average Bonchev–Trinajstić information content (AvgIpc) is 1.96. The second-order valence-electron chi connectivity index (χ2n) is 4.39. The Bertz CT molecular complexity index is 342. The molecule has 1 heterocycles. The molecule has 1 aromatic rings. The van der Waals surface area contributed by atoms with Crippen molar-refractivity contribution < 1.29 is 4.39 Å². The summed E-state index contributed by atoms with van der Waals surface area (Å²) in [4.78, 5) is 7.96. The van der Waals surface area contributed by atoms with Crippen LogP contribution in [0.4, 0.5) is 10.2 Å². The van der Waals surface area contributed by atoms with Crippen LogP contribution < -0.4 is 5.32 Å². The van der Waals surface area contributed by atoms with Crippen LogP contribution in [0.25, 0.3) is 0 Å². The highest BCUT2D eigenvalue weighted by molar-refractivity contribution is 5.40. The van der Waals surface area contributed by atoms with Crippen molar-refractivity contribution in [3.63, 3.8) is 0 Å². The van der Waals surface area contributed by atoms with E-state index in [0.717, 1.165) is 0 Å². The van der Waals surface area contributed by atoms with E-state index in [4.69, 9.17) is 0 Å². The molecule has 1 aromatic heterocycles. The van der Waals surface area contributed by atoms with Crippen molar-refractivity contribution in [2.45, 2.75) is 40.2 Å². The van der Waals surface area contributed by atoms with Gasteiger partial charge >= 0.3 is 0 Å². The van der Waals surface area contributed by atoms with Gasteiger partial charge in [0.1, 0.15) is 5.82 Å². The standard InChI is InChI=1S/C10H16FN3/c1-6-8(11)9(13-7(2)12-6)14-10(3,4)5/h1-5H3,(H,12,13,14). The quantitative estimate of drug-likeness (QED) is 0.751. The first-order chi connectivity index (χ1) is 6.29. The van der Waals surface area contributed by atoms with Crippen molar-refractivity contribution in [3.8, 4) is 0 Å². The largest absolute Gasteiger partial charge is 0.363 e. The van der Waals surface area contributed by atoms with Crippen LogP contribution in [0.15, 0.2) is 0 Å². The zero-order chi connectivity index (χ0) is 10.9. The summed E-state index contributed by atoms with van der Waals surface area (Å²) in [5.74, 6) is 0.490.